The Kier molecular flexibility index (Phi) is 4.04. The second-order valence-corrected chi connectivity index (χ2v) is 7.94. The first-order chi connectivity index (χ1) is 13.6. The number of likely N-dealkylation sites (tertiary alicyclic amines) is 1. The van der Waals surface area contributed by atoms with Crippen molar-refractivity contribution in [1.82, 2.24) is 10.2 Å². The Morgan fingerprint density at radius 2 is 1.36 bits per heavy atom. The van der Waals surface area contributed by atoms with Gasteiger partial charge in [0.2, 0.25) is 17.7 Å². The first-order valence-corrected chi connectivity index (χ1v) is 9.98. The predicted octanol–water partition coefficient (Wildman–Crippen LogP) is 3.05. The lowest BCUT2D eigenvalue weighted by Gasteiger charge is -2.19. The number of nitrogens with zero attached hydrogens (tertiary/aromatic N) is 1. The summed E-state index contributed by atoms with van der Waals surface area (Å²) in [6, 6.07) is 15.8. The number of nitrogens with one attached hydrogen (secondary N) is 1. The van der Waals surface area contributed by atoms with Crippen LogP contribution in [0.5, 0.6) is 0 Å². The zero-order chi connectivity index (χ0) is 19.3. The van der Waals surface area contributed by atoms with E-state index in [2.05, 4.69) is 17.4 Å². The van der Waals surface area contributed by atoms with Gasteiger partial charge in [0, 0.05) is 0 Å². The lowest BCUT2D eigenvalue weighted by Crippen LogP contribution is -2.42. The lowest BCUT2D eigenvalue weighted by atomic mass is 9.81. The van der Waals surface area contributed by atoms with Gasteiger partial charge in [-0.2, -0.15) is 0 Å². The summed E-state index contributed by atoms with van der Waals surface area (Å²) in [5.74, 6) is -1.07. The molecule has 2 aliphatic carbocycles. The molecule has 0 aromatic heterocycles. The minimum absolute atomic E-state index is 0.169. The van der Waals surface area contributed by atoms with Crippen molar-refractivity contribution in [3.8, 4) is 11.1 Å². The molecule has 2 fully saturated rings. The van der Waals surface area contributed by atoms with Crippen LogP contribution in [-0.4, -0.2) is 29.2 Å². The van der Waals surface area contributed by atoms with E-state index in [0.29, 0.717) is 0 Å². The van der Waals surface area contributed by atoms with Crippen molar-refractivity contribution < 1.29 is 14.4 Å². The maximum Gasteiger partial charge on any atom is 0.240 e. The van der Waals surface area contributed by atoms with E-state index in [1.54, 1.807) is 0 Å². The zero-order valence-electron chi connectivity index (χ0n) is 15.6. The average Bonchev–Trinajstić information content (AvgIpc) is 3.17. The summed E-state index contributed by atoms with van der Waals surface area (Å²) < 4.78 is 0. The number of hydrogen-bond acceptors (Lipinski definition) is 3. The first kappa shape index (κ1) is 17.2. The van der Waals surface area contributed by atoms with E-state index in [-0.39, 0.29) is 42.1 Å². The highest BCUT2D eigenvalue weighted by molar-refractivity contribution is 6.07. The Hall–Kier alpha value is -2.95. The normalized spacial score (nSPS) is 23.4. The molecule has 1 saturated carbocycles. The number of rotatable bonds is 3. The second kappa shape index (κ2) is 6.59. The third-order valence-electron chi connectivity index (χ3n) is 6.37. The van der Waals surface area contributed by atoms with E-state index in [1.807, 2.05) is 36.4 Å². The largest absolute Gasteiger partial charge is 0.344 e. The van der Waals surface area contributed by atoms with Crippen molar-refractivity contribution in [2.75, 3.05) is 6.54 Å². The van der Waals surface area contributed by atoms with E-state index in [4.69, 9.17) is 0 Å². The van der Waals surface area contributed by atoms with Crippen molar-refractivity contribution >= 4 is 17.7 Å². The number of imide groups is 1. The molecule has 2 atom stereocenters. The molecule has 1 heterocycles. The van der Waals surface area contributed by atoms with Gasteiger partial charge in [0.25, 0.3) is 0 Å². The van der Waals surface area contributed by atoms with Crippen LogP contribution < -0.4 is 5.32 Å². The van der Waals surface area contributed by atoms with Crippen LogP contribution >= 0.6 is 0 Å². The number of benzene rings is 2. The van der Waals surface area contributed by atoms with Gasteiger partial charge in [-0.15, -0.1) is 0 Å². The van der Waals surface area contributed by atoms with Gasteiger partial charge < -0.3 is 5.32 Å². The molecule has 3 aliphatic rings. The lowest BCUT2D eigenvalue weighted by molar-refractivity contribution is -0.143. The Balaban J connectivity index is 1.37. The van der Waals surface area contributed by atoms with Crippen LogP contribution in [0.2, 0.25) is 0 Å². The van der Waals surface area contributed by atoms with Gasteiger partial charge in [-0.3, -0.25) is 19.3 Å². The summed E-state index contributed by atoms with van der Waals surface area (Å²) in [6.07, 6.45) is 3.49. The molecular formula is C23H22N2O3. The molecule has 2 aromatic rings. The van der Waals surface area contributed by atoms with Crippen molar-refractivity contribution in [1.29, 1.82) is 0 Å². The number of amides is 3. The van der Waals surface area contributed by atoms with Gasteiger partial charge in [-0.25, -0.2) is 0 Å². The minimum atomic E-state index is -0.295. The smallest absolute Gasteiger partial charge is 0.240 e. The molecule has 2 aromatic carbocycles. The summed E-state index contributed by atoms with van der Waals surface area (Å²) in [4.78, 5) is 39.3. The Morgan fingerprint density at radius 1 is 0.857 bits per heavy atom. The van der Waals surface area contributed by atoms with Gasteiger partial charge in [-0.05, 0) is 35.1 Å². The topological polar surface area (TPSA) is 66.5 Å². The highest BCUT2D eigenvalue weighted by Gasteiger charge is 2.48. The van der Waals surface area contributed by atoms with E-state index < -0.39 is 0 Å². The van der Waals surface area contributed by atoms with Gasteiger partial charge in [0.05, 0.1) is 17.9 Å². The van der Waals surface area contributed by atoms with Crippen molar-refractivity contribution in [3.05, 3.63) is 59.7 Å². The highest BCUT2D eigenvalue weighted by atomic mass is 16.2. The molecule has 1 saturated heterocycles. The third kappa shape index (κ3) is 2.57. The van der Waals surface area contributed by atoms with Gasteiger partial charge in [0.15, 0.2) is 0 Å². The minimum Gasteiger partial charge on any atom is -0.344 e. The average molecular weight is 374 g/mol. The monoisotopic (exact) mass is 374 g/mol. The molecule has 0 bridgehead atoms. The maximum absolute atomic E-state index is 12.8. The molecule has 5 rings (SSSR count). The van der Waals surface area contributed by atoms with Gasteiger partial charge in [-0.1, -0.05) is 61.4 Å². The van der Waals surface area contributed by atoms with Gasteiger partial charge in [0.1, 0.15) is 6.54 Å². The van der Waals surface area contributed by atoms with E-state index in [1.165, 1.54) is 4.90 Å². The summed E-state index contributed by atoms with van der Waals surface area (Å²) in [5, 5.41) is 3.06. The SMILES string of the molecule is O=C(CN1C(=O)[C@H]2CCCC[C@H]2C1=O)NC1c2ccccc2-c2ccccc21. The van der Waals surface area contributed by atoms with E-state index in [9.17, 15) is 14.4 Å². The molecule has 28 heavy (non-hydrogen) atoms. The molecule has 0 radical (unpaired) electrons. The number of carbonyl (C=O) groups excluding carboxylic acids is 3. The molecule has 5 heteroatoms. The quantitative estimate of drug-likeness (QED) is 0.840. The van der Waals surface area contributed by atoms with Crippen molar-refractivity contribution in [2.45, 2.75) is 31.7 Å². The van der Waals surface area contributed by atoms with Crippen LogP contribution in [0.3, 0.4) is 0 Å². The Morgan fingerprint density at radius 3 is 1.89 bits per heavy atom. The summed E-state index contributed by atoms with van der Waals surface area (Å²) >= 11 is 0. The first-order valence-electron chi connectivity index (χ1n) is 9.98. The summed E-state index contributed by atoms with van der Waals surface area (Å²) in [6.45, 7) is -0.189. The van der Waals surface area contributed by atoms with E-state index in [0.717, 1.165) is 47.9 Å². The summed E-state index contributed by atoms with van der Waals surface area (Å²) in [5.41, 5.74) is 4.32. The van der Waals surface area contributed by atoms with Crippen LogP contribution in [0.4, 0.5) is 0 Å². The molecule has 1 aliphatic heterocycles. The van der Waals surface area contributed by atoms with Gasteiger partial charge >= 0.3 is 0 Å². The molecule has 1 N–H and O–H groups in total. The van der Waals surface area contributed by atoms with Crippen LogP contribution in [0.1, 0.15) is 42.9 Å². The molecule has 5 nitrogen and oxygen atoms in total. The fraction of sp³-hybridized carbons (Fsp3) is 0.348. The standard InChI is InChI=1S/C23H22N2O3/c26-20(13-25-22(27)18-11-5-6-12-19(18)23(25)28)24-21-16-9-3-1-7-14(16)15-8-2-4-10-17(15)21/h1-4,7-10,18-19,21H,5-6,11-13H2,(H,24,26)/t18-,19+. The fourth-order valence-corrected chi connectivity index (χ4v) is 5.05. The Labute approximate surface area is 163 Å². The molecule has 142 valence electrons. The van der Waals surface area contributed by atoms with Crippen LogP contribution in [0.15, 0.2) is 48.5 Å². The fourth-order valence-electron chi connectivity index (χ4n) is 5.05. The van der Waals surface area contributed by atoms with Crippen molar-refractivity contribution in [3.63, 3.8) is 0 Å². The molecule has 0 spiro atoms. The second-order valence-electron chi connectivity index (χ2n) is 7.94. The number of hydrogen-bond donors (Lipinski definition) is 1. The van der Waals surface area contributed by atoms with E-state index >= 15 is 0 Å². The third-order valence-corrected chi connectivity index (χ3v) is 6.37. The number of fused-ring (bicyclic) bond motifs is 4. The van der Waals surface area contributed by atoms with Crippen molar-refractivity contribution in [2.24, 2.45) is 11.8 Å². The molecule has 3 amide bonds. The zero-order valence-corrected chi connectivity index (χ0v) is 15.6. The summed E-state index contributed by atoms with van der Waals surface area (Å²) in [7, 11) is 0. The maximum atomic E-state index is 12.8. The van der Waals surface area contributed by atoms with Crippen LogP contribution in [-0.2, 0) is 14.4 Å². The predicted molar refractivity (Wildman–Crippen MR) is 104 cm³/mol. The van der Waals surface area contributed by atoms with Crippen LogP contribution in [0, 0.1) is 11.8 Å². The molecule has 0 unspecified atom stereocenters. The highest BCUT2D eigenvalue weighted by Crippen LogP contribution is 2.43. The number of carbonyl (C=O) groups is 3. The molecular weight excluding hydrogens is 352 g/mol. The Bertz CT molecular complexity index is 914. The van der Waals surface area contributed by atoms with Crippen LogP contribution in [0.25, 0.3) is 11.1 Å².